The van der Waals surface area contributed by atoms with Crippen LogP contribution in [0.5, 0.6) is 0 Å². The van der Waals surface area contributed by atoms with E-state index >= 15 is 0 Å². The average molecular weight is 393 g/mol. The van der Waals surface area contributed by atoms with Crippen LogP contribution in [0.15, 0.2) is 36.5 Å². The van der Waals surface area contributed by atoms with Gasteiger partial charge in [-0.1, -0.05) is 6.07 Å². The van der Waals surface area contributed by atoms with Crippen molar-refractivity contribution < 1.29 is 9.53 Å². The molecule has 1 fully saturated rings. The molecule has 0 aliphatic carbocycles. The molecule has 1 aromatic carbocycles. The molecule has 1 saturated heterocycles. The van der Waals surface area contributed by atoms with Gasteiger partial charge in [0.1, 0.15) is 5.60 Å². The molecule has 152 valence electrons. The summed E-state index contributed by atoms with van der Waals surface area (Å²) < 4.78 is 7.60. The Morgan fingerprint density at radius 1 is 1.14 bits per heavy atom. The normalized spacial score (nSPS) is 15.7. The summed E-state index contributed by atoms with van der Waals surface area (Å²) >= 11 is 0. The molecule has 0 bridgehead atoms. The average Bonchev–Trinajstić information content (AvgIpc) is 3.08. The van der Waals surface area contributed by atoms with Gasteiger partial charge in [0.25, 0.3) is 0 Å². The predicted octanol–water partition coefficient (Wildman–Crippen LogP) is 4.37. The van der Waals surface area contributed by atoms with Crippen molar-refractivity contribution in [2.24, 2.45) is 0 Å². The number of piperidine rings is 1. The first-order valence-electron chi connectivity index (χ1n) is 10.1. The second kappa shape index (κ2) is 7.46. The first kappa shape index (κ1) is 19.4. The quantitative estimate of drug-likeness (QED) is 0.646. The summed E-state index contributed by atoms with van der Waals surface area (Å²) in [5.41, 5.74) is 3.56. The zero-order chi connectivity index (χ0) is 20.6. The highest BCUT2D eigenvalue weighted by atomic mass is 16.6. The summed E-state index contributed by atoms with van der Waals surface area (Å²) in [6.07, 6.45) is 3.21. The van der Waals surface area contributed by atoms with Crippen LogP contribution in [0.25, 0.3) is 22.2 Å². The van der Waals surface area contributed by atoms with E-state index in [2.05, 4.69) is 33.9 Å². The third-order valence-electron chi connectivity index (χ3n) is 5.19. The van der Waals surface area contributed by atoms with Gasteiger partial charge in [-0.2, -0.15) is 15.3 Å². The molecule has 1 aliphatic rings. The molecule has 0 spiro atoms. The molecule has 0 unspecified atom stereocenters. The Balaban J connectivity index is 1.48. The van der Waals surface area contributed by atoms with Gasteiger partial charge in [-0.25, -0.2) is 4.79 Å². The van der Waals surface area contributed by atoms with Crippen LogP contribution in [0.2, 0.25) is 0 Å². The lowest BCUT2D eigenvalue weighted by atomic mass is 10.1. The fourth-order valence-corrected chi connectivity index (χ4v) is 3.77. The van der Waals surface area contributed by atoms with Crippen molar-refractivity contribution in [3.8, 4) is 11.3 Å². The summed E-state index contributed by atoms with van der Waals surface area (Å²) in [5.74, 6) is 0. The number of amides is 1. The van der Waals surface area contributed by atoms with E-state index in [4.69, 9.17) is 9.84 Å². The molecule has 0 radical (unpaired) electrons. The maximum Gasteiger partial charge on any atom is 0.410 e. The number of benzene rings is 1. The number of ether oxygens (including phenoxy) is 1. The molecular weight excluding hydrogens is 366 g/mol. The molecule has 1 aliphatic heterocycles. The molecule has 1 amide bonds. The highest BCUT2D eigenvalue weighted by molar-refractivity contribution is 5.83. The summed E-state index contributed by atoms with van der Waals surface area (Å²) in [6, 6.07) is 10.5. The number of aromatic nitrogens is 4. The van der Waals surface area contributed by atoms with Crippen molar-refractivity contribution in [3.05, 3.63) is 42.2 Å². The fourth-order valence-electron chi connectivity index (χ4n) is 3.77. The summed E-state index contributed by atoms with van der Waals surface area (Å²) in [5, 5.41) is 14.0. The van der Waals surface area contributed by atoms with Gasteiger partial charge in [0, 0.05) is 29.7 Å². The van der Waals surface area contributed by atoms with Gasteiger partial charge in [-0.3, -0.25) is 4.68 Å². The van der Waals surface area contributed by atoms with Crippen LogP contribution in [0.3, 0.4) is 0 Å². The van der Waals surface area contributed by atoms with E-state index in [1.807, 2.05) is 39.0 Å². The molecule has 0 N–H and O–H groups in total. The fraction of sp³-hybridized carbons (Fsp3) is 0.455. The van der Waals surface area contributed by atoms with E-state index in [0.29, 0.717) is 13.1 Å². The number of hydrogen-bond acceptors (Lipinski definition) is 5. The van der Waals surface area contributed by atoms with E-state index < -0.39 is 5.60 Å². The summed E-state index contributed by atoms with van der Waals surface area (Å²) in [6.45, 7) is 9.14. The molecule has 0 atom stereocenters. The Kier molecular flexibility index (Phi) is 4.98. The molecule has 4 rings (SSSR count). The van der Waals surface area contributed by atoms with Crippen LogP contribution < -0.4 is 0 Å². The van der Waals surface area contributed by atoms with E-state index in [1.54, 1.807) is 11.1 Å². The van der Waals surface area contributed by atoms with Gasteiger partial charge in [0.15, 0.2) is 0 Å². The van der Waals surface area contributed by atoms with Crippen LogP contribution in [-0.2, 0) is 4.74 Å². The maximum atomic E-state index is 12.3. The second-order valence-electron chi connectivity index (χ2n) is 8.62. The first-order valence-corrected chi connectivity index (χ1v) is 10.1. The Hall–Kier alpha value is -2.96. The minimum absolute atomic E-state index is 0.229. The smallest absolute Gasteiger partial charge is 0.410 e. The van der Waals surface area contributed by atoms with E-state index in [0.717, 1.165) is 40.7 Å². The second-order valence-corrected chi connectivity index (χ2v) is 8.62. The number of nitrogens with zero attached hydrogens (tertiary/aromatic N) is 5. The Morgan fingerprint density at radius 2 is 1.90 bits per heavy atom. The lowest BCUT2D eigenvalue weighted by molar-refractivity contribution is 0.0184. The minimum Gasteiger partial charge on any atom is -0.444 e. The number of rotatable bonds is 2. The number of fused-ring (bicyclic) bond motifs is 1. The molecule has 3 aromatic rings. The largest absolute Gasteiger partial charge is 0.444 e. The van der Waals surface area contributed by atoms with Crippen molar-refractivity contribution in [2.45, 2.75) is 52.2 Å². The zero-order valence-electron chi connectivity index (χ0n) is 17.4. The third kappa shape index (κ3) is 4.23. The van der Waals surface area contributed by atoms with Crippen LogP contribution in [0.1, 0.15) is 45.3 Å². The SMILES string of the molecule is Cc1cc(-c2ccc3nnccc3c2)nn1C1CCN(C(=O)OC(C)(C)C)CC1. The van der Waals surface area contributed by atoms with E-state index in [1.165, 1.54) is 0 Å². The van der Waals surface area contributed by atoms with Crippen molar-refractivity contribution in [2.75, 3.05) is 13.1 Å². The van der Waals surface area contributed by atoms with E-state index in [-0.39, 0.29) is 12.1 Å². The molecule has 0 saturated carbocycles. The van der Waals surface area contributed by atoms with Gasteiger partial charge in [0.05, 0.1) is 23.4 Å². The number of hydrogen-bond donors (Lipinski definition) is 0. The Labute approximate surface area is 170 Å². The van der Waals surface area contributed by atoms with Crippen molar-refractivity contribution in [3.63, 3.8) is 0 Å². The lowest BCUT2D eigenvalue weighted by Crippen LogP contribution is -2.42. The van der Waals surface area contributed by atoms with Crippen LogP contribution in [-0.4, -0.2) is 49.7 Å². The molecule has 7 nitrogen and oxygen atoms in total. The minimum atomic E-state index is -0.465. The number of carbonyl (C=O) groups excluding carboxylic acids is 1. The van der Waals surface area contributed by atoms with Crippen LogP contribution >= 0.6 is 0 Å². The third-order valence-corrected chi connectivity index (χ3v) is 5.19. The number of carbonyl (C=O) groups is 1. The van der Waals surface area contributed by atoms with Crippen molar-refractivity contribution in [1.29, 1.82) is 0 Å². The van der Waals surface area contributed by atoms with Gasteiger partial charge in [-0.15, -0.1) is 0 Å². The van der Waals surface area contributed by atoms with Crippen LogP contribution in [0, 0.1) is 6.92 Å². The van der Waals surface area contributed by atoms with Gasteiger partial charge < -0.3 is 9.64 Å². The van der Waals surface area contributed by atoms with Gasteiger partial charge in [0.2, 0.25) is 0 Å². The van der Waals surface area contributed by atoms with Crippen molar-refractivity contribution >= 4 is 17.0 Å². The standard InChI is InChI=1S/C22H27N5O2/c1-15-13-20(16-5-6-19-17(14-16)7-10-23-24-19)25-27(15)18-8-11-26(12-9-18)21(28)29-22(2,3)4/h5-7,10,13-14,18H,8-9,11-12H2,1-4H3. The molecule has 7 heteroatoms. The predicted molar refractivity (Wildman–Crippen MR) is 112 cm³/mol. The molecular formula is C22H27N5O2. The Bertz CT molecular complexity index is 1030. The van der Waals surface area contributed by atoms with Crippen LogP contribution in [0.4, 0.5) is 4.79 Å². The Morgan fingerprint density at radius 3 is 2.62 bits per heavy atom. The molecule has 3 heterocycles. The van der Waals surface area contributed by atoms with Gasteiger partial charge in [-0.05, 0) is 64.8 Å². The topological polar surface area (TPSA) is 73.1 Å². The number of likely N-dealkylation sites (tertiary alicyclic amines) is 1. The number of aryl methyl sites for hydroxylation is 1. The van der Waals surface area contributed by atoms with E-state index in [9.17, 15) is 4.79 Å². The first-order chi connectivity index (χ1) is 13.8. The summed E-state index contributed by atoms with van der Waals surface area (Å²) in [4.78, 5) is 14.1. The highest BCUT2D eigenvalue weighted by Gasteiger charge is 2.28. The monoisotopic (exact) mass is 393 g/mol. The van der Waals surface area contributed by atoms with Crippen molar-refractivity contribution in [1.82, 2.24) is 24.9 Å². The lowest BCUT2D eigenvalue weighted by Gasteiger charge is -2.33. The maximum absolute atomic E-state index is 12.3. The van der Waals surface area contributed by atoms with Gasteiger partial charge >= 0.3 is 6.09 Å². The summed E-state index contributed by atoms with van der Waals surface area (Å²) in [7, 11) is 0. The zero-order valence-corrected chi connectivity index (χ0v) is 17.4. The molecule has 29 heavy (non-hydrogen) atoms. The highest BCUT2D eigenvalue weighted by Crippen LogP contribution is 2.28. The molecule has 2 aromatic heterocycles.